The van der Waals surface area contributed by atoms with Gasteiger partial charge in [-0.05, 0) is 57.9 Å². The van der Waals surface area contributed by atoms with E-state index in [1.165, 1.54) is 38.9 Å². The molecule has 0 saturated carbocycles. The van der Waals surface area contributed by atoms with Crippen LogP contribution in [0.4, 0.5) is 10.8 Å². The van der Waals surface area contributed by atoms with Crippen LogP contribution in [0.3, 0.4) is 0 Å². The van der Waals surface area contributed by atoms with Gasteiger partial charge < -0.3 is 5.32 Å². The van der Waals surface area contributed by atoms with Crippen molar-refractivity contribution >= 4 is 45.5 Å². The molecule has 0 spiro atoms. The fourth-order valence-corrected chi connectivity index (χ4v) is 4.49. The van der Waals surface area contributed by atoms with Crippen molar-refractivity contribution in [3.05, 3.63) is 50.9 Å². The average molecular weight is 422 g/mol. The summed E-state index contributed by atoms with van der Waals surface area (Å²) in [5.74, 6) is 0. The standard InChI is InChI=1S/C18H20ClN5OS2/c1-10-6-11(2)8-12(7-10)21-16-22-23-17(27-16)26-13-9-20-24(18(3,4)5)15(25)14(13)19/h6-9H,1-5H3,(H,21,22). The van der Waals surface area contributed by atoms with Crippen molar-refractivity contribution in [3.63, 3.8) is 0 Å². The molecule has 0 aliphatic heterocycles. The number of anilines is 2. The number of hydrogen-bond donors (Lipinski definition) is 1. The van der Waals surface area contributed by atoms with Crippen LogP contribution in [0.15, 0.2) is 38.4 Å². The number of halogens is 1. The summed E-state index contributed by atoms with van der Waals surface area (Å²) < 4.78 is 2.06. The number of aryl methyl sites for hydroxylation is 2. The second-order valence-corrected chi connectivity index (χ2v) is 9.83. The van der Waals surface area contributed by atoms with Gasteiger partial charge in [0, 0.05) is 5.69 Å². The van der Waals surface area contributed by atoms with Crippen LogP contribution in [-0.4, -0.2) is 20.0 Å². The maximum Gasteiger partial charge on any atom is 0.287 e. The van der Waals surface area contributed by atoms with Gasteiger partial charge in [-0.2, -0.15) is 5.10 Å². The van der Waals surface area contributed by atoms with Gasteiger partial charge in [-0.15, -0.1) is 10.2 Å². The molecule has 0 aliphatic rings. The van der Waals surface area contributed by atoms with Gasteiger partial charge in [-0.25, -0.2) is 4.68 Å². The summed E-state index contributed by atoms with van der Waals surface area (Å²) in [6.07, 6.45) is 1.60. The lowest BCUT2D eigenvalue weighted by Crippen LogP contribution is -2.36. The van der Waals surface area contributed by atoms with Gasteiger partial charge in [0.25, 0.3) is 5.56 Å². The molecule has 3 rings (SSSR count). The Morgan fingerprint density at radius 3 is 2.44 bits per heavy atom. The first-order valence-corrected chi connectivity index (χ1v) is 10.3. The normalized spacial score (nSPS) is 11.6. The van der Waals surface area contributed by atoms with Crippen LogP contribution in [0.25, 0.3) is 0 Å². The number of nitrogens with zero attached hydrogens (tertiary/aromatic N) is 4. The van der Waals surface area contributed by atoms with E-state index in [0.29, 0.717) is 14.4 Å². The largest absolute Gasteiger partial charge is 0.330 e. The highest BCUT2D eigenvalue weighted by Crippen LogP contribution is 2.35. The van der Waals surface area contributed by atoms with Gasteiger partial charge in [-0.1, -0.05) is 40.8 Å². The Balaban J connectivity index is 1.80. The fourth-order valence-electron chi connectivity index (χ4n) is 2.53. The number of rotatable bonds is 4. The highest BCUT2D eigenvalue weighted by molar-refractivity contribution is 8.01. The first kappa shape index (κ1) is 19.9. The molecule has 6 nitrogen and oxygen atoms in total. The van der Waals surface area contributed by atoms with Crippen molar-refractivity contribution in [3.8, 4) is 0 Å². The molecule has 0 fully saturated rings. The van der Waals surface area contributed by atoms with Gasteiger partial charge in [0.15, 0.2) is 4.34 Å². The van der Waals surface area contributed by atoms with Crippen LogP contribution in [-0.2, 0) is 5.54 Å². The SMILES string of the molecule is Cc1cc(C)cc(Nc2nnc(Sc3cnn(C(C)(C)C)c(=O)c3Cl)s2)c1. The molecule has 0 saturated heterocycles. The van der Waals surface area contributed by atoms with Crippen molar-refractivity contribution in [2.24, 2.45) is 0 Å². The third-order valence-corrected chi connectivity index (χ3v) is 6.00. The quantitative estimate of drug-likeness (QED) is 0.637. The highest BCUT2D eigenvalue weighted by Gasteiger charge is 2.20. The van der Waals surface area contributed by atoms with Crippen LogP contribution < -0.4 is 10.9 Å². The molecule has 0 amide bonds. The van der Waals surface area contributed by atoms with E-state index in [0.717, 1.165) is 5.69 Å². The zero-order valence-corrected chi connectivity index (χ0v) is 18.1. The molecule has 0 aliphatic carbocycles. The van der Waals surface area contributed by atoms with E-state index < -0.39 is 5.54 Å². The lowest BCUT2D eigenvalue weighted by atomic mass is 10.1. The van der Waals surface area contributed by atoms with E-state index in [1.54, 1.807) is 6.20 Å². The van der Waals surface area contributed by atoms with Crippen molar-refractivity contribution < 1.29 is 0 Å². The maximum atomic E-state index is 12.4. The molecule has 9 heteroatoms. The Morgan fingerprint density at radius 1 is 1.15 bits per heavy atom. The molecule has 2 aromatic heterocycles. The van der Waals surface area contributed by atoms with Crippen LogP contribution in [0.1, 0.15) is 31.9 Å². The molecule has 0 radical (unpaired) electrons. The van der Waals surface area contributed by atoms with E-state index in [9.17, 15) is 4.79 Å². The molecule has 0 bridgehead atoms. The van der Waals surface area contributed by atoms with E-state index >= 15 is 0 Å². The van der Waals surface area contributed by atoms with E-state index in [2.05, 4.69) is 26.7 Å². The van der Waals surface area contributed by atoms with Gasteiger partial charge in [-0.3, -0.25) is 4.79 Å². The first-order chi connectivity index (χ1) is 12.6. The summed E-state index contributed by atoms with van der Waals surface area (Å²) in [6.45, 7) is 9.81. The van der Waals surface area contributed by atoms with E-state index in [-0.39, 0.29) is 10.6 Å². The zero-order valence-electron chi connectivity index (χ0n) is 15.7. The molecule has 1 aromatic carbocycles. The number of nitrogens with one attached hydrogen (secondary N) is 1. The molecule has 27 heavy (non-hydrogen) atoms. The van der Waals surface area contributed by atoms with Gasteiger partial charge in [0.1, 0.15) is 5.02 Å². The first-order valence-electron chi connectivity index (χ1n) is 8.28. The monoisotopic (exact) mass is 421 g/mol. The van der Waals surface area contributed by atoms with Gasteiger partial charge in [0.05, 0.1) is 16.6 Å². The minimum atomic E-state index is -0.435. The lowest BCUT2D eigenvalue weighted by molar-refractivity contribution is 0.336. The maximum absolute atomic E-state index is 12.4. The molecule has 0 atom stereocenters. The third kappa shape index (κ3) is 4.69. The zero-order chi connectivity index (χ0) is 19.8. The van der Waals surface area contributed by atoms with Gasteiger partial charge in [0.2, 0.25) is 5.13 Å². The van der Waals surface area contributed by atoms with E-state index in [4.69, 9.17) is 11.6 Å². The summed E-state index contributed by atoms with van der Waals surface area (Å²) in [6, 6.07) is 6.21. The Kier molecular flexibility index (Phi) is 5.60. The molecular weight excluding hydrogens is 402 g/mol. The Morgan fingerprint density at radius 2 is 1.81 bits per heavy atom. The Hall–Kier alpha value is -1.90. The van der Waals surface area contributed by atoms with Crippen molar-refractivity contribution in [1.82, 2.24) is 20.0 Å². The van der Waals surface area contributed by atoms with Crippen molar-refractivity contribution in [2.45, 2.75) is 49.4 Å². The topological polar surface area (TPSA) is 72.7 Å². The average Bonchev–Trinajstić information content (AvgIpc) is 2.96. The minimum Gasteiger partial charge on any atom is -0.330 e. The van der Waals surface area contributed by atoms with Crippen LogP contribution in [0.2, 0.25) is 5.02 Å². The smallest absolute Gasteiger partial charge is 0.287 e. The number of aromatic nitrogens is 4. The molecule has 142 valence electrons. The molecule has 3 aromatic rings. The predicted molar refractivity (Wildman–Crippen MR) is 112 cm³/mol. The second-order valence-electron chi connectivity index (χ2n) is 7.19. The summed E-state index contributed by atoms with van der Waals surface area (Å²) >= 11 is 8.95. The van der Waals surface area contributed by atoms with Crippen molar-refractivity contribution in [1.29, 1.82) is 0 Å². The molecule has 1 N–H and O–H groups in total. The third-order valence-electron chi connectivity index (χ3n) is 3.60. The molecule has 2 heterocycles. The van der Waals surface area contributed by atoms with Crippen LogP contribution in [0.5, 0.6) is 0 Å². The second kappa shape index (κ2) is 7.61. The highest BCUT2D eigenvalue weighted by atomic mass is 35.5. The van der Waals surface area contributed by atoms with E-state index in [1.807, 2.05) is 46.8 Å². The summed E-state index contributed by atoms with van der Waals surface area (Å²) in [5, 5.41) is 16.7. The van der Waals surface area contributed by atoms with Gasteiger partial charge >= 0.3 is 0 Å². The number of benzene rings is 1. The Bertz CT molecular complexity index is 1020. The summed E-state index contributed by atoms with van der Waals surface area (Å²) in [7, 11) is 0. The van der Waals surface area contributed by atoms with Crippen LogP contribution >= 0.6 is 34.7 Å². The fraction of sp³-hybridized carbons (Fsp3) is 0.333. The summed E-state index contributed by atoms with van der Waals surface area (Å²) in [5.41, 5.74) is 2.57. The number of hydrogen-bond acceptors (Lipinski definition) is 7. The minimum absolute atomic E-state index is 0.143. The van der Waals surface area contributed by atoms with Crippen molar-refractivity contribution in [2.75, 3.05) is 5.32 Å². The predicted octanol–water partition coefficient (Wildman–Crippen LogP) is 5.01. The molecular formula is C18H20ClN5OS2. The molecule has 0 unspecified atom stereocenters. The Labute approximate surface area is 171 Å². The van der Waals surface area contributed by atoms with Crippen LogP contribution in [0, 0.1) is 13.8 Å². The summed E-state index contributed by atoms with van der Waals surface area (Å²) in [4.78, 5) is 13.0. The lowest BCUT2D eigenvalue weighted by Gasteiger charge is -2.20.